The average Bonchev–Trinajstić information content (AvgIpc) is 2.91. The van der Waals surface area contributed by atoms with E-state index >= 15 is 4.39 Å². The Morgan fingerprint density at radius 1 is 1.23 bits per heavy atom. The summed E-state index contributed by atoms with van der Waals surface area (Å²) in [5, 5.41) is 11.1. The first-order valence-corrected chi connectivity index (χ1v) is 10.8. The fourth-order valence-electron chi connectivity index (χ4n) is 7.00. The lowest BCUT2D eigenvalue weighted by Gasteiger charge is -2.62. The molecule has 3 saturated carbocycles. The second-order valence-electron chi connectivity index (χ2n) is 10.3. The van der Waals surface area contributed by atoms with Gasteiger partial charge in [0, 0.05) is 11.3 Å². The number of allylic oxidation sites excluding steroid dienone is 1. The first-order valence-electron chi connectivity index (χ1n) is 10.8. The van der Waals surface area contributed by atoms with Gasteiger partial charge in [-0.05, 0) is 61.7 Å². The fourth-order valence-corrected chi connectivity index (χ4v) is 7.00. The molecular weight excluding hydrogens is 330 g/mol. The lowest BCUT2D eigenvalue weighted by atomic mass is 9.45. The quantitative estimate of drug-likeness (QED) is 0.568. The number of halogens is 2. The number of fused-ring (bicyclic) bond motifs is 3. The number of aliphatic hydroxyl groups is 1. The number of alkyl halides is 2. The van der Waals surface area contributed by atoms with Crippen LogP contribution in [0.15, 0.2) is 12.7 Å². The summed E-state index contributed by atoms with van der Waals surface area (Å²) in [6.07, 6.45) is 5.60. The Hall–Kier alpha value is -0.440. The average molecular weight is 369 g/mol. The molecule has 0 radical (unpaired) electrons. The highest BCUT2D eigenvalue weighted by atomic mass is 19.1. The third-order valence-corrected chi connectivity index (χ3v) is 8.90. The van der Waals surface area contributed by atoms with E-state index in [-0.39, 0.29) is 30.1 Å². The van der Waals surface area contributed by atoms with Crippen molar-refractivity contribution in [2.24, 2.45) is 34.5 Å². The van der Waals surface area contributed by atoms with Gasteiger partial charge >= 0.3 is 0 Å². The molecule has 0 aromatic carbocycles. The molecule has 0 aromatic rings. The maximum Gasteiger partial charge on any atom is 0.145 e. The van der Waals surface area contributed by atoms with Crippen molar-refractivity contribution in [3.63, 3.8) is 0 Å². The van der Waals surface area contributed by atoms with E-state index in [1.807, 2.05) is 13.0 Å². The Bertz CT molecular complexity index is 536. The van der Waals surface area contributed by atoms with Crippen LogP contribution in [0.5, 0.6) is 0 Å². The summed E-state index contributed by atoms with van der Waals surface area (Å²) in [7, 11) is 0. The lowest BCUT2D eigenvalue weighted by Crippen LogP contribution is -2.67. The molecule has 0 saturated heterocycles. The van der Waals surface area contributed by atoms with Crippen LogP contribution in [-0.2, 0) is 0 Å². The van der Waals surface area contributed by atoms with E-state index in [0.29, 0.717) is 24.7 Å². The van der Waals surface area contributed by atoms with Crippen LogP contribution in [0.4, 0.5) is 8.78 Å². The van der Waals surface area contributed by atoms with Crippen molar-refractivity contribution in [3.8, 4) is 0 Å². The van der Waals surface area contributed by atoms with Crippen molar-refractivity contribution in [2.45, 2.75) is 97.0 Å². The van der Waals surface area contributed by atoms with Crippen molar-refractivity contribution in [1.29, 1.82) is 0 Å². The molecule has 9 atom stereocenters. The molecule has 0 aromatic heterocycles. The standard InChI is InChI=1S/C23H38F2O/c1-6-15(3)10-11-21(4)13-17(24)12-19-18-9-8-16(7-2)22(18,5)14-20(26)23(19,21)25/h7,15-20,26H,2,6,8-14H2,1,3-5H3/t15?,16?,17-,18?,19?,20?,21?,22?,23-/m0/s1. The second-order valence-corrected chi connectivity index (χ2v) is 10.3. The molecule has 1 nitrogen and oxygen atoms in total. The minimum atomic E-state index is -1.66. The Labute approximate surface area is 158 Å². The van der Waals surface area contributed by atoms with E-state index in [2.05, 4.69) is 27.4 Å². The van der Waals surface area contributed by atoms with Gasteiger partial charge in [-0.15, -0.1) is 6.58 Å². The van der Waals surface area contributed by atoms with Gasteiger partial charge in [-0.3, -0.25) is 0 Å². The van der Waals surface area contributed by atoms with Crippen molar-refractivity contribution >= 4 is 0 Å². The van der Waals surface area contributed by atoms with Gasteiger partial charge in [-0.25, -0.2) is 8.78 Å². The zero-order valence-electron chi connectivity index (χ0n) is 17.1. The van der Waals surface area contributed by atoms with Gasteiger partial charge < -0.3 is 5.11 Å². The Kier molecular flexibility index (Phi) is 5.36. The predicted molar refractivity (Wildman–Crippen MR) is 103 cm³/mol. The molecule has 26 heavy (non-hydrogen) atoms. The zero-order valence-corrected chi connectivity index (χ0v) is 17.1. The minimum Gasteiger partial charge on any atom is -0.390 e. The summed E-state index contributed by atoms with van der Waals surface area (Å²) in [5.41, 5.74) is -2.58. The van der Waals surface area contributed by atoms with Gasteiger partial charge in [0.15, 0.2) is 0 Å². The van der Waals surface area contributed by atoms with Gasteiger partial charge in [0.2, 0.25) is 0 Å². The first kappa shape index (κ1) is 20.3. The maximum absolute atomic E-state index is 16.8. The van der Waals surface area contributed by atoms with Crippen molar-refractivity contribution in [1.82, 2.24) is 0 Å². The molecule has 0 spiro atoms. The predicted octanol–water partition coefficient (Wildman–Crippen LogP) is 6.26. The van der Waals surface area contributed by atoms with E-state index in [9.17, 15) is 9.50 Å². The molecule has 150 valence electrons. The summed E-state index contributed by atoms with van der Waals surface area (Å²) in [6.45, 7) is 12.4. The number of aliphatic hydroxyl groups excluding tert-OH is 1. The SMILES string of the molecule is C=CC1CCC2C3C[C@H](F)CC(C)(CCC(C)CC)[C@@]3(F)C(O)CC12C. The molecule has 3 heteroatoms. The minimum absolute atomic E-state index is 0.143. The van der Waals surface area contributed by atoms with Gasteiger partial charge in [-0.1, -0.05) is 46.6 Å². The molecule has 0 amide bonds. The Morgan fingerprint density at radius 2 is 1.92 bits per heavy atom. The topological polar surface area (TPSA) is 20.2 Å². The molecule has 3 fully saturated rings. The van der Waals surface area contributed by atoms with E-state index in [0.717, 1.165) is 25.7 Å². The summed E-state index contributed by atoms with van der Waals surface area (Å²) in [6, 6.07) is 0. The molecule has 0 heterocycles. The molecule has 1 N–H and O–H groups in total. The van der Waals surface area contributed by atoms with E-state index in [4.69, 9.17) is 0 Å². The molecule has 7 unspecified atom stereocenters. The van der Waals surface area contributed by atoms with E-state index in [1.54, 1.807) is 0 Å². The monoisotopic (exact) mass is 368 g/mol. The van der Waals surface area contributed by atoms with Crippen LogP contribution in [0, 0.1) is 34.5 Å². The number of rotatable bonds is 5. The number of hydrogen-bond acceptors (Lipinski definition) is 1. The van der Waals surface area contributed by atoms with Crippen LogP contribution in [0.25, 0.3) is 0 Å². The van der Waals surface area contributed by atoms with Crippen molar-refractivity contribution < 1.29 is 13.9 Å². The highest BCUT2D eigenvalue weighted by molar-refractivity contribution is 5.20. The van der Waals surface area contributed by atoms with E-state index < -0.39 is 23.4 Å². The van der Waals surface area contributed by atoms with Crippen LogP contribution in [0.2, 0.25) is 0 Å². The maximum atomic E-state index is 16.8. The van der Waals surface area contributed by atoms with Gasteiger partial charge in [0.25, 0.3) is 0 Å². The van der Waals surface area contributed by atoms with Gasteiger partial charge in [-0.2, -0.15) is 0 Å². The van der Waals surface area contributed by atoms with Crippen molar-refractivity contribution in [2.75, 3.05) is 0 Å². The van der Waals surface area contributed by atoms with Crippen LogP contribution < -0.4 is 0 Å². The molecule has 0 bridgehead atoms. The van der Waals surface area contributed by atoms with Gasteiger partial charge in [0.1, 0.15) is 11.8 Å². The summed E-state index contributed by atoms with van der Waals surface area (Å²) < 4.78 is 31.6. The second kappa shape index (κ2) is 6.87. The normalized spacial score (nSPS) is 52.2. The van der Waals surface area contributed by atoms with Crippen LogP contribution in [-0.4, -0.2) is 23.1 Å². The van der Waals surface area contributed by atoms with Crippen LogP contribution in [0.3, 0.4) is 0 Å². The number of hydrogen-bond donors (Lipinski definition) is 1. The Balaban J connectivity index is 1.96. The molecule has 3 rings (SSSR count). The largest absolute Gasteiger partial charge is 0.390 e. The summed E-state index contributed by atoms with van der Waals surface area (Å²) >= 11 is 0. The summed E-state index contributed by atoms with van der Waals surface area (Å²) in [4.78, 5) is 0. The third-order valence-electron chi connectivity index (χ3n) is 8.90. The van der Waals surface area contributed by atoms with E-state index in [1.165, 1.54) is 0 Å². The molecule has 3 aliphatic rings. The summed E-state index contributed by atoms with van der Waals surface area (Å²) in [5.74, 6) is 0.599. The smallest absolute Gasteiger partial charge is 0.145 e. The lowest BCUT2D eigenvalue weighted by molar-refractivity contribution is -0.231. The zero-order chi connectivity index (χ0) is 19.3. The third kappa shape index (κ3) is 2.79. The molecule has 3 aliphatic carbocycles. The Morgan fingerprint density at radius 3 is 2.54 bits per heavy atom. The molecular formula is C23H38F2O. The van der Waals surface area contributed by atoms with Gasteiger partial charge in [0.05, 0.1) is 6.10 Å². The first-order chi connectivity index (χ1) is 12.1. The highest BCUT2D eigenvalue weighted by Gasteiger charge is 2.70. The van der Waals surface area contributed by atoms with Crippen molar-refractivity contribution in [3.05, 3.63) is 12.7 Å². The fraction of sp³-hybridized carbons (Fsp3) is 0.913. The molecule has 0 aliphatic heterocycles. The van der Waals surface area contributed by atoms with Crippen LogP contribution >= 0.6 is 0 Å². The van der Waals surface area contributed by atoms with Crippen LogP contribution in [0.1, 0.15) is 79.1 Å². The highest BCUT2D eigenvalue weighted by Crippen LogP contribution is 2.68.